The lowest BCUT2D eigenvalue weighted by atomic mass is 9.86. The molecule has 1 aliphatic rings. The van der Waals surface area contributed by atoms with Crippen LogP contribution in [0, 0.1) is 5.92 Å². The summed E-state index contributed by atoms with van der Waals surface area (Å²) in [5, 5.41) is 12.2. The molecule has 2 N–H and O–H groups in total. The van der Waals surface area contributed by atoms with Gasteiger partial charge in [0.05, 0.1) is 13.0 Å². The average Bonchev–Trinajstić information content (AvgIpc) is 2.50. The van der Waals surface area contributed by atoms with Crippen molar-refractivity contribution < 1.29 is 14.6 Å². The van der Waals surface area contributed by atoms with Crippen molar-refractivity contribution in [3.05, 3.63) is 29.8 Å². The largest absolute Gasteiger partial charge is 0.494 e. The van der Waals surface area contributed by atoms with E-state index >= 15 is 0 Å². The van der Waals surface area contributed by atoms with Gasteiger partial charge in [-0.2, -0.15) is 0 Å². The number of amides is 1. The van der Waals surface area contributed by atoms with Gasteiger partial charge in [-0.1, -0.05) is 12.1 Å². The summed E-state index contributed by atoms with van der Waals surface area (Å²) in [6, 6.07) is 7.94. The molecule has 0 bridgehead atoms. The zero-order valence-corrected chi connectivity index (χ0v) is 12.7. The SMILES string of the molecule is CCOc1ccc(CC(=O)NC2CCC(CO)CC2)cc1. The maximum absolute atomic E-state index is 12.1. The molecule has 21 heavy (non-hydrogen) atoms. The molecule has 1 saturated carbocycles. The fraction of sp³-hybridized carbons (Fsp3) is 0.588. The third-order valence-corrected chi connectivity index (χ3v) is 4.07. The van der Waals surface area contributed by atoms with Crippen LogP contribution < -0.4 is 10.1 Å². The van der Waals surface area contributed by atoms with E-state index in [1.807, 2.05) is 31.2 Å². The minimum atomic E-state index is 0.0756. The van der Waals surface area contributed by atoms with Gasteiger partial charge < -0.3 is 15.2 Å². The van der Waals surface area contributed by atoms with Gasteiger partial charge in [0.1, 0.15) is 5.75 Å². The molecule has 0 atom stereocenters. The summed E-state index contributed by atoms with van der Waals surface area (Å²) < 4.78 is 5.39. The van der Waals surface area contributed by atoms with E-state index in [1.54, 1.807) is 0 Å². The summed E-state index contributed by atoms with van der Waals surface area (Å²) in [4.78, 5) is 12.1. The Balaban J connectivity index is 1.76. The highest BCUT2D eigenvalue weighted by atomic mass is 16.5. The molecule has 1 aromatic carbocycles. The van der Waals surface area contributed by atoms with E-state index in [4.69, 9.17) is 9.84 Å². The zero-order valence-electron chi connectivity index (χ0n) is 12.7. The maximum atomic E-state index is 12.1. The van der Waals surface area contributed by atoms with Crippen molar-refractivity contribution in [2.45, 2.75) is 45.1 Å². The molecular weight excluding hydrogens is 266 g/mol. The summed E-state index contributed by atoms with van der Waals surface area (Å²) >= 11 is 0. The van der Waals surface area contributed by atoms with Crippen LogP contribution in [0.15, 0.2) is 24.3 Å². The Hall–Kier alpha value is -1.55. The van der Waals surface area contributed by atoms with Crippen molar-refractivity contribution in [3.63, 3.8) is 0 Å². The molecule has 1 amide bonds. The number of ether oxygens (including phenoxy) is 1. The number of carbonyl (C=O) groups is 1. The number of benzene rings is 1. The van der Waals surface area contributed by atoms with E-state index in [0.29, 0.717) is 18.9 Å². The smallest absolute Gasteiger partial charge is 0.224 e. The van der Waals surface area contributed by atoms with Crippen molar-refractivity contribution in [3.8, 4) is 5.75 Å². The summed E-state index contributed by atoms with van der Waals surface area (Å²) in [7, 11) is 0. The Morgan fingerprint density at radius 2 is 1.90 bits per heavy atom. The second-order valence-corrected chi connectivity index (χ2v) is 5.72. The summed E-state index contributed by atoms with van der Waals surface area (Å²) in [5.74, 6) is 1.33. The first-order valence-electron chi connectivity index (χ1n) is 7.83. The molecule has 4 heteroatoms. The monoisotopic (exact) mass is 291 g/mol. The number of rotatable bonds is 6. The molecule has 0 aromatic heterocycles. The van der Waals surface area contributed by atoms with Crippen molar-refractivity contribution in [2.75, 3.05) is 13.2 Å². The topological polar surface area (TPSA) is 58.6 Å². The van der Waals surface area contributed by atoms with Gasteiger partial charge in [0.15, 0.2) is 0 Å². The second kappa shape index (κ2) is 8.03. The van der Waals surface area contributed by atoms with E-state index < -0.39 is 0 Å². The van der Waals surface area contributed by atoms with E-state index in [0.717, 1.165) is 37.0 Å². The fourth-order valence-electron chi connectivity index (χ4n) is 2.82. The molecule has 1 fully saturated rings. The molecule has 2 rings (SSSR count). The molecule has 0 saturated heterocycles. The van der Waals surface area contributed by atoms with Gasteiger partial charge in [-0.15, -0.1) is 0 Å². The minimum absolute atomic E-state index is 0.0756. The third-order valence-electron chi connectivity index (χ3n) is 4.07. The van der Waals surface area contributed by atoms with E-state index in [9.17, 15) is 4.79 Å². The molecule has 0 unspecified atom stereocenters. The quantitative estimate of drug-likeness (QED) is 0.845. The van der Waals surface area contributed by atoms with Crippen LogP contribution >= 0.6 is 0 Å². The molecular formula is C17H25NO3. The average molecular weight is 291 g/mol. The molecule has 116 valence electrons. The predicted molar refractivity (Wildman–Crippen MR) is 82.3 cm³/mol. The summed E-state index contributed by atoms with van der Waals surface area (Å²) in [5.41, 5.74) is 1.000. The van der Waals surface area contributed by atoms with Crippen LogP contribution in [0.4, 0.5) is 0 Å². The van der Waals surface area contributed by atoms with E-state index in [-0.39, 0.29) is 18.6 Å². The molecule has 0 spiro atoms. The van der Waals surface area contributed by atoms with Crippen LogP contribution in [0.3, 0.4) is 0 Å². The third kappa shape index (κ3) is 5.05. The highest BCUT2D eigenvalue weighted by molar-refractivity contribution is 5.78. The van der Waals surface area contributed by atoms with Gasteiger partial charge in [0.2, 0.25) is 5.91 Å². The van der Waals surface area contributed by atoms with Crippen LogP contribution in [0.5, 0.6) is 5.75 Å². The number of nitrogens with one attached hydrogen (secondary N) is 1. The van der Waals surface area contributed by atoms with Crippen LogP contribution in [-0.2, 0) is 11.2 Å². The van der Waals surface area contributed by atoms with Crippen molar-refractivity contribution in [1.29, 1.82) is 0 Å². The molecule has 1 aromatic rings. The van der Waals surface area contributed by atoms with E-state index in [1.165, 1.54) is 0 Å². The number of aliphatic hydroxyl groups is 1. The number of hydrogen-bond donors (Lipinski definition) is 2. The Kier molecular flexibility index (Phi) is 6.05. The number of hydrogen-bond acceptors (Lipinski definition) is 3. The van der Waals surface area contributed by atoms with Gasteiger partial charge in [0, 0.05) is 12.6 Å². The first kappa shape index (κ1) is 15.8. The highest BCUT2D eigenvalue weighted by Crippen LogP contribution is 2.23. The number of aliphatic hydroxyl groups excluding tert-OH is 1. The van der Waals surface area contributed by atoms with Gasteiger partial charge in [-0.05, 0) is 56.2 Å². The summed E-state index contributed by atoms with van der Waals surface area (Å²) in [6.07, 6.45) is 4.36. The Bertz CT molecular complexity index is 436. The van der Waals surface area contributed by atoms with E-state index in [2.05, 4.69) is 5.32 Å². The Morgan fingerprint density at radius 3 is 2.48 bits per heavy atom. The van der Waals surface area contributed by atoms with Gasteiger partial charge in [0.25, 0.3) is 0 Å². The Labute approximate surface area is 126 Å². The molecule has 4 nitrogen and oxygen atoms in total. The van der Waals surface area contributed by atoms with Gasteiger partial charge in [-0.3, -0.25) is 4.79 Å². The van der Waals surface area contributed by atoms with Crippen molar-refractivity contribution in [2.24, 2.45) is 5.92 Å². The normalized spacial score (nSPS) is 21.8. The minimum Gasteiger partial charge on any atom is -0.494 e. The lowest BCUT2D eigenvalue weighted by molar-refractivity contribution is -0.121. The van der Waals surface area contributed by atoms with Crippen LogP contribution in [0.1, 0.15) is 38.2 Å². The fourth-order valence-corrected chi connectivity index (χ4v) is 2.82. The molecule has 1 aliphatic carbocycles. The maximum Gasteiger partial charge on any atom is 0.224 e. The summed E-state index contributed by atoms with van der Waals surface area (Å²) in [6.45, 7) is 2.87. The van der Waals surface area contributed by atoms with Crippen LogP contribution in [0.2, 0.25) is 0 Å². The lowest BCUT2D eigenvalue weighted by Gasteiger charge is -2.28. The molecule has 0 aliphatic heterocycles. The van der Waals surface area contributed by atoms with Crippen molar-refractivity contribution in [1.82, 2.24) is 5.32 Å². The first-order valence-corrected chi connectivity index (χ1v) is 7.83. The molecule has 0 radical (unpaired) electrons. The van der Waals surface area contributed by atoms with Gasteiger partial charge in [-0.25, -0.2) is 0 Å². The van der Waals surface area contributed by atoms with Crippen molar-refractivity contribution >= 4 is 5.91 Å². The highest BCUT2D eigenvalue weighted by Gasteiger charge is 2.21. The van der Waals surface area contributed by atoms with Gasteiger partial charge >= 0.3 is 0 Å². The Morgan fingerprint density at radius 1 is 1.24 bits per heavy atom. The van der Waals surface area contributed by atoms with Crippen LogP contribution in [0.25, 0.3) is 0 Å². The first-order chi connectivity index (χ1) is 10.2. The molecule has 0 heterocycles. The standard InChI is InChI=1S/C17H25NO3/c1-2-21-16-9-5-13(6-10-16)11-17(20)18-15-7-3-14(12-19)4-8-15/h5-6,9-10,14-15,19H,2-4,7-8,11-12H2,1H3,(H,18,20). The van der Waals surface area contributed by atoms with Crippen LogP contribution in [-0.4, -0.2) is 30.3 Å². The predicted octanol–water partition coefficient (Wildman–Crippen LogP) is 2.30. The number of carbonyl (C=O) groups excluding carboxylic acids is 1. The second-order valence-electron chi connectivity index (χ2n) is 5.72. The zero-order chi connectivity index (χ0) is 15.1. The lowest BCUT2D eigenvalue weighted by Crippen LogP contribution is -2.38.